The van der Waals surface area contributed by atoms with Crippen LogP contribution in [0.1, 0.15) is 61.0 Å². The summed E-state index contributed by atoms with van der Waals surface area (Å²) in [5, 5.41) is 18.3. The van der Waals surface area contributed by atoms with Crippen molar-refractivity contribution >= 4 is 17.5 Å². The van der Waals surface area contributed by atoms with E-state index in [4.69, 9.17) is 24.4 Å². The molecule has 0 aliphatic heterocycles. The lowest BCUT2D eigenvalue weighted by atomic mass is 9.92. The van der Waals surface area contributed by atoms with Crippen LogP contribution in [-0.2, 0) is 25.4 Å². The molecule has 0 spiro atoms. The van der Waals surface area contributed by atoms with E-state index in [1.807, 2.05) is 13.0 Å². The van der Waals surface area contributed by atoms with Gasteiger partial charge in [0.25, 0.3) is 0 Å². The molecule has 0 saturated heterocycles. The summed E-state index contributed by atoms with van der Waals surface area (Å²) >= 11 is 0. The summed E-state index contributed by atoms with van der Waals surface area (Å²) in [6.45, 7) is 2.96. The number of carbonyl (C=O) groups is 2. The lowest BCUT2D eigenvalue weighted by Crippen LogP contribution is -2.27. The highest BCUT2D eigenvalue weighted by atomic mass is 16.6. The van der Waals surface area contributed by atoms with E-state index in [0.29, 0.717) is 24.0 Å². The van der Waals surface area contributed by atoms with Crippen molar-refractivity contribution in [1.29, 1.82) is 0 Å². The Bertz CT molecular complexity index is 705. The van der Waals surface area contributed by atoms with E-state index in [9.17, 15) is 9.59 Å². The van der Waals surface area contributed by atoms with Crippen molar-refractivity contribution in [1.82, 2.24) is 0 Å². The van der Waals surface area contributed by atoms with Crippen molar-refractivity contribution in [3.8, 4) is 0 Å². The van der Waals surface area contributed by atoms with Crippen LogP contribution in [0.3, 0.4) is 0 Å². The summed E-state index contributed by atoms with van der Waals surface area (Å²) in [4.78, 5) is 25.5. The van der Waals surface area contributed by atoms with E-state index in [-0.39, 0.29) is 17.3 Å². The number of ketones is 1. The zero-order chi connectivity index (χ0) is 21.8. The molecule has 0 aliphatic carbocycles. The zero-order valence-electron chi connectivity index (χ0n) is 17.7. The van der Waals surface area contributed by atoms with Crippen LogP contribution in [0.4, 0.5) is 0 Å². The first kappa shape index (κ1) is 24.7. The van der Waals surface area contributed by atoms with Crippen LogP contribution in [-0.4, -0.2) is 55.5 Å². The van der Waals surface area contributed by atoms with Gasteiger partial charge < -0.3 is 24.4 Å². The lowest BCUT2D eigenvalue weighted by molar-refractivity contribution is -0.152. The summed E-state index contributed by atoms with van der Waals surface area (Å²) in [6, 6.07) is 5.37. The van der Waals surface area contributed by atoms with Crippen molar-refractivity contribution < 1.29 is 34.0 Å². The molecule has 162 valence electrons. The van der Waals surface area contributed by atoms with E-state index in [2.05, 4.69) is 6.92 Å². The third kappa shape index (κ3) is 6.58. The minimum Gasteiger partial charge on any atom is -0.492 e. The first-order valence-corrected chi connectivity index (χ1v) is 9.89. The second kappa shape index (κ2) is 13.0. The van der Waals surface area contributed by atoms with Crippen molar-refractivity contribution in [3.63, 3.8) is 0 Å². The average Bonchev–Trinajstić information content (AvgIpc) is 2.74. The molecule has 0 radical (unpaired) electrons. The molecule has 1 aromatic carbocycles. The van der Waals surface area contributed by atoms with Crippen LogP contribution in [0.2, 0.25) is 0 Å². The quantitative estimate of drug-likeness (QED) is 0.170. The van der Waals surface area contributed by atoms with Gasteiger partial charge in [-0.25, -0.2) is 4.79 Å². The number of carbonyl (C=O) groups excluding carboxylic acids is 2. The number of esters is 1. The number of aryl methyl sites for hydroxylation is 1. The zero-order valence-corrected chi connectivity index (χ0v) is 17.7. The molecule has 0 aromatic heterocycles. The Hall–Kier alpha value is -2.38. The van der Waals surface area contributed by atoms with Gasteiger partial charge in [0.05, 0.1) is 27.4 Å². The van der Waals surface area contributed by atoms with Gasteiger partial charge in [-0.2, -0.15) is 0 Å². The Balaban J connectivity index is 3.47. The Morgan fingerprint density at radius 2 is 1.72 bits per heavy atom. The molecule has 0 aliphatic rings. The van der Waals surface area contributed by atoms with Gasteiger partial charge in [-0.3, -0.25) is 4.79 Å². The highest BCUT2D eigenvalue weighted by Crippen LogP contribution is 2.29. The number of aliphatic hydroxyl groups is 2. The molecule has 7 heteroatoms. The maximum absolute atomic E-state index is 13.0. The van der Waals surface area contributed by atoms with Gasteiger partial charge in [-0.1, -0.05) is 44.9 Å². The fourth-order valence-electron chi connectivity index (χ4n) is 3.00. The fourth-order valence-corrected chi connectivity index (χ4v) is 3.00. The van der Waals surface area contributed by atoms with Gasteiger partial charge in [0.15, 0.2) is 11.5 Å². The van der Waals surface area contributed by atoms with Gasteiger partial charge in [0.2, 0.25) is 5.76 Å². The number of Topliss-reactive ketones (excluding diaryl/α,β-unsaturated/α-hetero) is 1. The topological polar surface area (TPSA) is 102 Å². The smallest absolute Gasteiger partial charge is 0.378 e. The molecule has 0 unspecified atom stereocenters. The second-order valence-electron chi connectivity index (χ2n) is 6.53. The van der Waals surface area contributed by atoms with Gasteiger partial charge in [-0.15, -0.1) is 0 Å². The number of hydrogen-bond donors (Lipinski definition) is 2. The maximum atomic E-state index is 13.0. The Morgan fingerprint density at radius 1 is 1.03 bits per heavy atom. The molecule has 0 bridgehead atoms. The number of benzene rings is 1. The Morgan fingerprint density at radius 3 is 2.24 bits per heavy atom. The molecule has 0 saturated carbocycles. The van der Waals surface area contributed by atoms with E-state index in [1.54, 1.807) is 12.1 Å². The van der Waals surface area contributed by atoms with Crippen LogP contribution in [0.25, 0.3) is 5.76 Å². The second-order valence-corrected chi connectivity index (χ2v) is 6.53. The van der Waals surface area contributed by atoms with E-state index in [1.165, 1.54) is 14.2 Å². The Labute approximate surface area is 172 Å². The standard InChI is InChI=1S/C22H32O7/c1-5-7-8-12-18(25)19-15(6-2)10-9-11-17(19)20(27-3)21(28-4)22(26)29-16(13-23)14-24/h9-11,16,23-24H,5-8,12-14H2,1-4H3. The fraction of sp³-hybridized carbons (Fsp3) is 0.545. The van der Waals surface area contributed by atoms with E-state index < -0.39 is 25.3 Å². The van der Waals surface area contributed by atoms with E-state index in [0.717, 1.165) is 24.8 Å². The number of rotatable bonds is 13. The monoisotopic (exact) mass is 408 g/mol. The van der Waals surface area contributed by atoms with Crippen molar-refractivity contribution in [2.24, 2.45) is 0 Å². The molecule has 1 rings (SSSR count). The third-order valence-corrected chi connectivity index (χ3v) is 4.54. The van der Waals surface area contributed by atoms with Gasteiger partial charge >= 0.3 is 5.97 Å². The summed E-state index contributed by atoms with van der Waals surface area (Å²) < 4.78 is 15.7. The van der Waals surface area contributed by atoms with Crippen LogP contribution in [0.15, 0.2) is 24.0 Å². The SMILES string of the molecule is CCCCCC(=O)c1c(CC)cccc1C(OC)=C(OC)C(=O)OC(CO)CO. The van der Waals surface area contributed by atoms with Crippen LogP contribution in [0, 0.1) is 0 Å². The highest BCUT2D eigenvalue weighted by Gasteiger charge is 2.27. The predicted molar refractivity (Wildman–Crippen MR) is 109 cm³/mol. The molecule has 0 atom stereocenters. The van der Waals surface area contributed by atoms with Crippen molar-refractivity contribution in [3.05, 3.63) is 40.6 Å². The predicted octanol–water partition coefficient (Wildman–Crippen LogP) is 2.87. The van der Waals surface area contributed by atoms with Crippen LogP contribution >= 0.6 is 0 Å². The van der Waals surface area contributed by atoms with Gasteiger partial charge in [-0.05, 0) is 18.4 Å². The first-order chi connectivity index (χ1) is 14.0. The average molecular weight is 408 g/mol. The number of methoxy groups -OCH3 is 2. The summed E-state index contributed by atoms with van der Waals surface area (Å²) in [5.74, 6) is -1.09. The lowest BCUT2D eigenvalue weighted by Gasteiger charge is -2.19. The summed E-state index contributed by atoms with van der Waals surface area (Å²) in [5.41, 5.74) is 1.81. The molecular weight excluding hydrogens is 376 g/mol. The molecule has 29 heavy (non-hydrogen) atoms. The molecule has 2 N–H and O–H groups in total. The van der Waals surface area contributed by atoms with Gasteiger partial charge in [0.1, 0.15) is 6.10 Å². The molecular formula is C22H32O7. The first-order valence-electron chi connectivity index (χ1n) is 9.89. The number of ether oxygens (including phenoxy) is 3. The number of unbranched alkanes of at least 4 members (excludes halogenated alkanes) is 2. The van der Waals surface area contributed by atoms with Crippen molar-refractivity contribution in [2.75, 3.05) is 27.4 Å². The van der Waals surface area contributed by atoms with Crippen molar-refractivity contribution in [2.45, 2.75) is 52.1 Å². The van der Waals surface area contributed by atoms with Crippen LogP contribution < -0.4 is 0 Å². The summed E-state index contributed by atoms with van der Waals surface area (Å²) in [6.07, 6.45) is 2.72. The minimum absolute atomic E-state index is 0.0205. The molecule has 7 nitrogen and oxygen atoms in total. The molecule has 0 amide bonds. The minimum atomic E-state index is -1.08. The molecule has 0 heterocycles. The summed E-state index contributed by atoms with van der Waals surface area (Å²) in [7, 11) is 2.66. The third-order valence-electron chi connectivity index (χ3n) is 4.54. The molecule has 0 fully saturated rings. The number of hydrogen-bond acceptors (Lipinski definition) is 7. The highest BCUT2D eigenvalue weighted by molar-refractivity contribution is 6.04. The Kier molecular flexibility index (Phi) is 11.0. The molecule has 1 aromatic rings. The van der Waals surface area contributed by atoms with Crippen LogP contribution in [0.5, 0.6) is 0 Å². The van der Waals surface area contributed by atoms with Gasteiger partial charge in [0, 0.05) is 17.5 Å². The number of aliphatic hydroxyl groups excluding tert-OH is 2. The maximum Gasteiger partial charge on any atom is 0.378 e. The largest absolute Gasteiger partial charge is 0.492 e. The normalized spacial score (nSPS) is 11.8. The van der Waals surface area contributed by atoms with E-state index >= 15 is 0 Å².